The van der Waals surface area contributed by atoms with Gasteiger partial charge < -0.3 is 15.2 Å². The minimum Gasteiger partial charge on any atom is -0.489 e. The molecular weight excluding hydrogens is 421 g/mol. The highest BCUT2D eigenvalue weighted by molar-refractivity contribution is 8.15. The number of amides is 1. The number of hydrogen-bond donors (Lipinski definition) is 2. The molecule has 0 saturated carbocycles. The second kappa shape index (κ2) is 9.53. The molecule has 0 bridgehead atoms. The maximum atomic E-state index is 13.8. The minimum atomic E-state index is -1.05. The molecule has 0 radical (unpaired) electrons. The number of nitrogens with one attached hydrogen (secondary N) is 1. The predicted octanol–water partition coefficient (Wildman–Crippen LogP) is 3.45. The van der Waals surface area contributed by atoms with Gasteiger partial charge in [-0.3, -0.25) is 9.59 Å². The van der Waals surface area contributed by atoms with Gasteiger partial charge in [-0.05, 0) is 35.9 Å². The summed E-state index contributed by atoms with van der Waals surface area (Å²) in [6.07, 6.45) is 1.20. The number of benzene rings is 2. The Kier molecular flexibility index (Phi) is 6.84. The van der Waals surface area contributed by atoms with Crippen molar-refractivity contribution in [2.45, 2.75) is 18.3 Å². The fourth-order valence-electron chi connectivity index (χ4n) is 2.36. The number of carbonyl (C=O) groups excluding carboxylic acids is 1. The summed E-state index contributed by atoms with van der Waals surface area (Å²) in [4.78, 5) is 22.3. The Labute approximate surface area is 174 Å². The normalized spacial score (nSPS) is 17.7. The first-order chi connectivity index (χ1) is 13.9. The number of thioether (sulfide) groups is 1. The van der Waals surface area contributed by atoms with E-state index >= 15 is 0 Å². The quantitative estimate of drug-likeness (QED) is 0.512. The number of carbonyl (C=O) groups is 2. The minimum absolute atomic E-state index is 0.0436. The molecule has 2 N–H and O–H groups in total. The first-order valence-electron chi connectivity index (χ1n) is 8.38. The summed E-state index contributed by atoms with van der Waals surface area (Å²) >= 11 is 6.77. The Morgan fingerprint density at radius 1 is 1.31 bits per heavy atom. The van der Waals surface area contributed by atoms with E-state index in [4.69, 9.17) is 21.4 Å². The Balaban J connectivity index is 1.54. The van der Waals surface area contributed by atoms with Crippen LogP contribution in [0.3, 0.4) is 0 Å². The lowest BCUT2D eigenvalue weighted by molar-refractivity contribution is -0.138. The fourth-order valence-corrected chi connectivity index (χ4v) is 3.47. The maximum Gasteiger partial charge on any atom is 0.305 e. The molecule has 3 rings (SSSR count). The second-order valence-electron chi connectivity index (χ2n) is 5.91. The number of halogens is 2. The molecular formula is C19H15ClFN3O4S. The highest BCUT2D eigenvalue weighted by Gasteiger charge is 2.32. The molecule has 29 heavy (non-hydrogen) atoms. The topological polar surface area (TPSA) is 100 Å². The number of nitrogens with zero attached hydrogens (tertiary/aromatic N) is 2. The van der Waals surface area contributed by atoms with Gasteiger partial charge in [-0.2, -0.15) is 5.10 Å². The molecule has 1 fully saturated rings. The first-order valence-corrected chi connectivity index (χ1v) is 9.64. The number of carboxylic acid groups (broad SMARTS) is 1. The van der Waals surface area contributed by atoms with Crippen molar-refractivity contribution < 1.29 is 23.8 Å². The van der Waals surface area contributed by atoms with Gasteiger partial charge in [0.05, 0.1) is 17.7 Å². The average Bonchev–Trinajstić information content (AvgIpc) is 3.02. The van der Waals surface area contributed by atoms with Gasteiger partial charge in [0.15, 0.2) is 5.17 Å². The summed E-state index contributed by atoms with van der Waals surface area (Å²) in [6.45, 7) is 0.0436. The van der Waals surface area contributed by atoms with Crippen LogP contribution in [0.15, 0.2) is 52.7 Å². The highest BCUT2D eigenvalue weighted by Crippen LogP contribution is 2.22. The number of carboxylic acids is 1. The van der Waals surface area contributed by atoms with Crippen molar-refractivity contribution in [2.24, 2.45) is 10.2 Å². The van der Waals surface area contributed by atoms with Crippen LogP contribution in [-0.4, -0.2) is 33.6 Å². The third-order valence-electron chi connectivity index (χ3n) is 3.80. The molecule has 7 nitrogen and oxygen atoms in total. The molecule has 1 saturated heterocycles. The molecule has 2 aromatic rings. The number of ether oxygens (including phenoxy) is 1. The Hall–Kier alpha value is -2.91. The molecule has 2 aromatic carbocycles. The van der Waals surface area contributed by atoms with Crippen LogP contribution in [0.4, 0.5) is 4.39 Å². The number of hydrogen-bond acceptors (Lipinski definition) is 6. The van der Waals surface area contributed by atoms with Gasteiger partial charge in [-0.25, -0.2) is 4.39 Å². The van der Waals surface area contributed by atoms with E-state index in [1.165, 1.54) is 12.3 Å². The molecule has 1 amide bonds. The third kappa shape index (κ3) is 5.78. The smallest absolute Gasteiger partial charge is 0.305 e. The van der Waals surface area contributed by atoms with E-state index < -0.39 is 22.9 Å². The summed E-state index contributed by atoms with van der Waals surface area (Å²) in [5.74, 6) is -1.41. The van der Waals surface area contributed by atoms with Crippen LogP contribution in [0.5, 0.6) is 5.75 Å². The van der Waals surface area contributed by atoms with Crippen molar-refractivity contribution in [3.8, 4) is 5.75 Å². The molecule has 10 heteroatoms. The van der Waals surface area contributed by atoms with E-state index in [0.717, 1.165) is 17.3 Å². The summed E-state index contributed by atoms with van der Waals surface area (Å²) in [6, 6.07) is 11.6. The summed E-state index contributed by atoms with van der Waals surface area (Å²) < 4.78 is 19.4. The fraction of sp³-hybridized carbons (Fsp3) is 0.158. The summed E-state index contributed by atoms with van der Waals surface area (Å²) in [7, 11) is 0. The average molecular weight is 436 g/mol. The van der Waals surface area contributed by atoms with Crippen LogP contribution in [0.25, 0.3) is 0 Å². The van der Waals surface area contributed by atoms with Gasteiger partial charge >= 0.3 is 5.97 Å². The van der Waals surface area contributed by atoms with Crippen molar-refractivity contribution >= 4 is 46.6 Å². The molecule has 1 atom stereocenters. The van der Waals surface area contributed by atoms with Gasteiger partial charge in [0.1, 0.15) is 23.4 Å². The van der Waals surface area contributed by atoms with E-state index in [1.807, 2.05) is 0 Å². The van der Waals surface area contributed by atoms with Crippen molar-refractivity contribution in [2.75, 3.05) is 0 Å². The van der Waals surface area contributed by atoms with Crippen LogP contribution in [0.2, 0.25) is 5.02 Å². The van der Waals surface area contributed by atoms with E-state index in [2.05, 4.69) is 15.5 Å². The molecule has 0 aliphatic carbocycles. The number of amidine groups is 1. The lowest BCUT2D eigenvalue weighted by Crippen LogP contribution is -2.26. The highest BCUT2D eigenvalue weighted by atomic mass is 35.5. The molecule has 150 valence electrons. The van der Waals surface area contributed by atoms with Crippen LogP contribution < -0.4 is 10.1 Å². The Morgan fingerprint density at radius 3 is 2.79 bits per heavy atom. The zero-order valence-electron chi connectivity index (χ0n) is 14.8. The van der Waals surface area contributed by atoms with Gasteiger partial charge in [-0.1, -0.05) is 35.5 Å². The summed E-state index contributed by atoms with van der Waals surface area (Å²) in [5, 5.41) is 18.6. The number of aliphatic carboxylic acids is 1. The predicted molar refractivity (Wildman–Crippen MR) is 109 cm³/mol. The first kappa shape index (κ1) is 20.8. The van der Waals surface area contributed by atoms with E-state index in [0.29, 0.717) is 11.3 Å². The van der Waals surface area contributed by atoms with Crippen LogP contribution in [0.1, 0.15) is 17.5 Å². The van der Waals surface area contributed by atoms with Crippen LogP contribution in [0, 0.1) is 5.82 Å². The van der Waals surface area contributed by atoms with Crippen LogP contribution in [-0.2, 0) is 16.2 Å². The van der Waals surface area contributed by atoms with Gasteiger partial charge in [0.25, 0.3) is 0 Å². The number of rotatable bonds is 7. The van der Waals surface area contributed by atoms with Crippen LogP contribution >= 0.6 is 23.4 Å². The standard InChI is InChI=1S/C19H15ClFN3O4S/c20-14-3-1-2-12(17(14)21)10-28-13-6-4-11(5-7-13)9-22-24-19-23-18(27)15(29-19)8-16(25)26/h1-7,9,15H,8,10H2,(H,25,26)(H,23,24,27). The SMILES string of the molecule is O=C(O)CC1SC(=NN=Cc2ccc(OCc3cccc(Cl)c3F)cc2)NC1=O. The van der Waals surface area contributed by atoms with E-state index in [-0.39, 0.29) is 23.2 Å². The van der Waals surface area contributed by atoms with Crippen molar-refractivity contribution in [3.05, 3.63) is 64.4 Å². The molecule has 1 aliphatic heterocycles. The zero-order valence-corrected chi connectivity index (χ0v) is 16.4. The Morgan fingerprint density at radius 2 is 2.07 bits per heavy atom. The van der Waals surface area contributed by atoms with E-state index in [1.54, 1.807) is 36.4 Å². The lowest BCUT2D eigenvalue weighted by Gasteiger charge is -2.08. The molecule has 1 unspecified atom stereocenters. The van der Waals surface area contributed by atoms with Gasteiger partial charge in [-0.15, -0.1) is 5.10 Å². The molecule has 0 spiro atoms. The van der Waals surface area contributed by atoms with Crippen molar-refractivity contribution in [3.63, 3.8) is 0 Å². The van der Waals surface area contributed by atoms with Crippen molar-refractivity contribution in [1.82, 2.24) is 5.32 Å². The van der Waals surface area contributed by atoms with Gasteiger partial charge in [0.2, 0.25) is 5.91 Å². The monoisotopic (exact) mass is 435 g/mol. The largest absolute Gasteiger partial charge is 0.489 e. The summed E-state index contributed by atoms with van der Waals surface area (Å²) in [5.41, 5.74) is 1.09. The molecule has 0 aromatic heterocycles. The molecule has 1 heterocycles. The van der Waals surface area contributed by atoms with E-state index in [9.17, 15) is 14.0 Å². The lowest BCUT2D eigenvalue weighted by atomic mass is 10.2. The van der Waals surface area contributed by atoms with Crippen molar-refractivity contribution in [1.29, 1.82) is 0 Å². The van der Waals surface area contributed by atoms with Gasteiger partial charge in [0, 0.05) is 5.56 Å². The maximum absolute atomic E-state index is 13.8. The Bertz CT molecular complexity index is 982. The molecule has 1 aliphatic rings. The zero-order chi connectivity index (χ0) is 20.8. The second-order valence-corrected chi connectivity index (χ2v) is 7.51. The third-order valence-corrected chi connectivity index (χ3v) is 5.16.